The molecular weight excluding hydrogens is 184 g/mol. The van der Waals surface area contributed by atoms with Crippen molar-refractivity contribution in [3.8, 4) is 0 Å². The number of hydrogen-bond acceptors (Lipinski definition) is 2. The maximum Gasteiger partial charge on any atom is 0.00200 e. The van der Waals surface area contributed by atoms with Crippen molar-refractivity contribution in [1.29, 1.82) is 0 Å². The molecule has 0 bridgehead atoms. The average molecular weight is 212 g/mol. The number of rotatable bonds is 7. The lowest BCUT2D eigenvalue weighted by Gasteiger charge is -2.26. The molecule has 1 aliphatic carbocycles. The summed E-state index contributed by atoms with van der Waals surface area (Å²) >= 11 is 0. The van der Waals surface area contributed by atoms with E-state index in [4.69, 9.17) is 5.73 Å². The van der Waals surface area contributed by atoms with Gasteiger partial charge in [0.15, 0.2) is 0 Å². The summed E-state index contributed by atoms with van der Waals surface area (Å²) in [6, 6.07) is 0. The topological polar surface area (TPSA) is 38.0 Å². The maximum absolute atomic E-state index is 5.77. The van der Waals surface area contributed by atoms with Crippen molar-refractivity contribution < 1.29 is 0 Å². The summed E-state index contributed by atoms with van der Waals surface area (Å²) in [7, 11) is 0. The molecule has 0 heterocycles. The molecule has 0 saturated heterocycles. The molecule has 0 aromatic carbocycles. The second kappa shape index (κ2) is 5.31. The molecule has 0 amide bonds. The van der Waals surface area contributed by atoms with Crippen LogP contribution in [-0.4, -0.2) is 19.6 Å². The summed E-state index contributed by atoms with van der Waals surface area (Å²) in [4.78, 5) is 0. The van der Waals surface area contributed by atoms with Crippen molar-refractivity contribution in [2.45, 2.75) is 40.5 Å². The summed E-state index contributed by atoms with van der Waals surface area (Å²) in [6.45, 7) is 12.4. The molecule has 1 fully saturated rings. The van der Waals surface area contributed by atoms with Crippen molar-refractivity contribution in [2.75, 3.05) is 19.6 Å². The van der Waals surface area contributed by atoms with Gasteiger partial charge in [0.2, 0.25) is 0 Å². The lowest BCUT2D eigenvalue weighted by Crippen LogP contribution is -2.35. The van der Waals surface area contributed by atoms with E-state index in [2.05, 4.69) is 33.0 Å². The molecule has 15 heavy (non-hydrogen) atoms. The van der Waals surface area contributed by atoms with Gasteiger partial charge in [-0.3, -0.25) is 0 Å². The van der Waals surface area contributed by atoms with E-state index in [0.717, 1.165) is 37.4 Å². The molecule has 90 valence electrons. The van der Waals surface area contributed by atoms with E-state index >= 15 is 0 Å². The minimum Gasteiger partial charge on any atom is -0.330 e. The third kappa shape index (κ3) is 3.76. The molecule has 2 heteroatoms. The monoisotopic (exact) mass is 212 g/mol. The molecular formula is C13H28N2. The van der Waals surface area contributed by atoms with E-state index in [-0.39, 0.29) is 0 Å². The Morgan fingerprint density at radius 2 is 1.67 bits per heavy atom. The number of nitrogens with one attached hydrogen (secondary N) is 1. The van der Waals surface area contributed by atoms with E-state index in [1.54, 1.807) is 0 Å². The normalized spacial score (nSPS) is 19.2. The van der Waals surface area contributed by atoms with E-state index in [1.807, 2.05) is 0 Å². The van der Waals surface area contributed by atoms with Crippen LogP contribution in [0.2, 0.25) is 0 Å². The Kier molecular flexibility index (Phi) is 4.60. The Bertz CT molecular complexity index is 175. The summed E-state index contributed by atoms with van der Waals surface area (Å²) in [5.41, 5.74) is 6.24. The first-order valence-corrected chi connectivity index (χ1v) is 6.41. The maximum atomic E-state index is 5.77. The van der Waals surface area contributed by atoms with Gasteiger partial charge in [0.05, 0.1) is 0 Å². The molecule has 0 unspecified atom stereocenters. The predicted octanol–water partition coefficient (Wildman–Crippen LogP) is 2.24. The Hall–Kier alpha value is -0.0800. The Morgan fingerprint density at radius 1 is 1.13 bits per heavy atom. The molecule has 1 saturated carbocycles. The van der Waals surface area contributed by atoms with Crippen molar-refractivity contribution >= 4 is 0 Å². The van der Waals surface area contributed by atoms with Crippen LogP contribution in [0.25, 0.3) is 0 Å². The minimum absolute atomic E-state index is 0.471. The average Bonchev–Trinajstić information content (AvgIpc) is 2.92. The van der Waals surface area contributed by atoms with Gasteiger partial charge < -0.3 is 11.1 Å². The molecule has 0 radical (unpaired) electrons. The van der Waals surface area contributed by atoms with Gasteiger partial charge in [-0.25, -0.2) is 0 Å². The zero-order valence-corrected chi connectivity index (χ0v) is 10.8. The fourth-order valence-corrected chi connectivity index (χ4v) is 2.38. The molecule has 0 aliphatic heterocycles. The van der Waals surface area contributed by atoms with Gasteiger partial charge in [-0.05, 0) is 49.1 Å². The van der Waals surface area contributed by atoms with Crippen LogP contribution < -0.4 is 11.1 Å². The third-order valence-corrected chi connectivity index (χ3v) is 3.98. The van der Waals surface area contributed by atoms with Crippen LogP contribution in [0.15, 0.2) is 0 Å². The Labute approximate surface area is 95.0 Å². The highest BCUT2D eigenvalue weighted by molar-refractivity contribution is 4.95. The van der Waals surface area contributed by atoms with Crippen LogP contribution in [0.3, 0.4) is 0 Å². The molecule has 3 N–H and O–H groups in total. The third-order valence-electron chi connectivity index (χ3n) is 3.98. The van der Waals surface area contributed by atoms with Crippen LogP contribution in [0.5, 0.6) is 0 Å². The number of nitrogens with two attached hydrogens (primary N) is 1. The summed E-state index contributed by atoms with van der Waals surface area (Å²) in [6.07, 6.45) is 2.65. The standard InChI is InChI=1S/C13H28N2/c1-10(2)12(11(3)4)7-15-9-13(8-14)5-6-13/h10-12,15H,5-9,14H2,1-4H3. The predicted molar refractivity (Wildman–Crippen MR) is 66.8 cm³/mol. The zero-order valence-electron chi connectivity index (χ0n) is 10.8. The van der Waals surface area contributed by atoms with Crippen LogP contribution in [0, 0.1) is 23.2 Å². The SMILES string of the molecule is CC(C)C(CNCC1(CN)CC1)C(C)C. The second-order valence-corrected chi connectivity index (χ2v) is 5.99. The van der Waals surface area contributed by atoms with Gasteiger partial charge >= 0.3 is 0 Å². The molecule has 0 atom stereocenters. The highest BCUT2D eigenvalue weighted by Gasteiger charge is 2.40. The van der Waals surface area contributed by atoms with Gasteiger partial charge in [-0.2, -0.15) is 0 Å². The molecule has 2 nitrogen and oxygen atoms in total. The molecule has 1 aliphatic rings. The lowest BCUT2D eigenvalue weighted by molar-refractivity contribution is 0.268. The minimum atomic E-state index is 0.471. The van der Waals surface area contributed by atoms with Gasteiger partial charge in [0.1, 0.15) is 0 Å². The van der Waals surface area contributed by atoms with Gasteiger partial charge in [-0.1, -0.05) is 27.7 Å². The molecule has 1 rings (SSSR count). The van der Waals surface area contributed by atoms with Gasteiger partial charge in [0, 0.05) is 6.54 Å². The lowest BCUT2D eigenvalue weighted by atomic mass is 9.85. The van der Waals surface area contributed by atoms with Crippen molar-refractivity contribution in [1.82, 2.24) is 5.32 Å². The molecule has 0 aromatic heterocycles. The first-order valence-electron chi connectivity index (χ1n) is 6.41. The molecule has 0 aromatic rings. The second-order valence-electron chi connectivity index (χ2n) is 5.99. The highest BCUT2D eigenvalue weighted by atomic mass is 14.9. The highest BCUT2D eigenvalue weighted by Crippen LogP contribution is 2.43. The molecule has 0 spiro atoms. The van der Waals surface area contributed by atoms with Crippen LogP contribution in [0.4, 0.5) is 0 Å². The van der Waals surface area contributed by atoms with Crippen LogP contribution in [0.1, 0.15) is 40.5 Å². The van der Waals surface area contributed by atoms with Crippen molar-refractivity contribution in [3.63, 3.8) is 0 Å². The number of hydrogen-bond donors (Lipinski definition) is 2. The van der Waals surface area contributed by atoms with Crippen molar-refractivity contribution in [2.24, 2.45) is 28.9 Å². The fourth-order valence-electron chi connectivity index (χ4n) is 2.38. The van der Waals surface area contributed by atoms with Crippen molar-refractivity contribution in [3.05, 3.63) is 0 Å². The van der Waals surface area contributed by atoms with E-state index in [1.165, 1.54) is 12.8 Å². The van der Waals surface area contributed by atoms with E-state index in [9.17, 15) is 0 Å². The Morgan fingerprint density at radius 3 is 2.00 bits per heavy atom. The summed E-state index contributed by atoms with van der Waals surface area (Å²) in [5, 5.41) is 3.62. The first kappa shape index (κ1) is 13.0. The van der Waals surface area contributed by atoms with E-state index < -0.39 is 0 Å². The summed E-state index contributed by atoms with van der Waals surface area (Å²) < 4.78 is 0. The van der Waals surface area contributed by atoms with Crippen LogP contribution in [-0.2, 0) is 0 Å². The van der Waals surface area contributed by atoms with E-state index in [0.29, 0.717) is 5.41 Å². The zero-order chi connectivity index (χ0) is 11.5. The quantitative estimate of drug-likeness (QED) is 0.679. The smallest absolute Gasteiger partial charge is 0.00200 e. The fraction of sp³-hybridized carbons (Fsp3) is 1.00. The largest absolute Gasteiger partial charge is 0.330 e. The Balaban J connectivity index is 2.22. The van der Waals surface area contributed by atoms with Crippen LogP contribution >= 0.6 is 0 Å². The summed E-state index contributed by atoms with van der Waals surface area (Å²) in [5.74, 6) is 2.33. The van der Waals surface area contributed by atoms with Gasteiger partial charge in [0.25, 0.3) is 0 Å². The first-order chi connectivity index (χ1) is 7.01. The van der Waals surface area contributed by atoms with Gasteiger partial charge in [-0.15, -0.1) is 0 Å².